The molecule has 3 rings (SSSR count). The molecule has 0 spiro atoms. The Morgan fingerprint density at radius 1 is 1.04 bits per heavy atom. The lowest BCUT2D eigenvalue weighted by molar-refractivity contribution is -0.143. The number of hydrogen-bond acceptors (Lipinski definition) is 6. The van der Waals surface area contributed by atoms with Crippen molar-refractivity contribution in [2.75, 3.05) is 27.4 Å². The summed E-state index contributed by atoms with van der Waals surface area (Å²) in [4.78, 5) is 41.9. The number of methoxy groups -OCH3 is 1. The minimum atomic E-state index is -0.771. The Kier molecular flexibility index (Phi) is 5.88. The molecule has 8 heteroatoms. The third kappa shape index (κ3) is 4.35. The first-order chi connectivity index (χ1) is 13.0. The van der Waals surface area contributed by atoms with Crippen LogP contribution < -0.4 is 4.74 Å². The van der Waals surface area contributed by atoms with Crippen LogP contribution in [0.1, 0.15) is 10.4 Å². The summed E-state index contributed by atoms with van der Waals surface area (Å²) in [5, 5.41) is 1.94. The molecule has 0 radical (unpaired) electrons. The highest BCUT2D eigenvalue weighted by Crippen LogP contribution is 2.17. The molecule has 2 aromatic rings. The molecule has 0 aliphatic carbocycles. The van der Waals surface area contributed by atoms with Gasteiger partial charge in [-0.25, -0.2) is 9.69 Å². The molecule has 0 bridgehead atoms. The standard InChI is InChI=1S/C19H21N3O4S/c1-20(12-14-5-7-15(26-2)8-6-14)13-22-18(24)17(23)21(19(22)25)10-9-16-4-3-11-27-16/h3-8,11H,9-10,12-13H2,1-2H3. The average Bonchev–Trinajstić information content (AvgIpc) is 3.25. The second-order valence-electron chi connectivity index (χ2n) is 6.31. The van der Waals surface area contributed by atoms with E-state index < -0.39 is 17.8 Å². The van der Waals surface area contributed by atoms with Gasteiger partial charge in [-0.3, -0.25) is 19.4 Å². The quantitative estimate of drug-likeness (QED) is 0.513. The molecule has 0 unspecified atom stereocenters. The van der Waals surface area contributed by atoms with Gasteiger partial charge in [0, 0.05) is 24.4 Å². The normalized spacial score (nSPS) is 14.6. The minimum absolute atomic E-state index is 0.0605. The monoisotopic (exact) mass is 387 g/mol. The highest BCUT2D eigenvalue weighted by atomic mass is 32.1. The molecule has 142 valence electrons. The molecule has 0 atom stereocenters. The van der Waals surface area contributed by atoms with E-state index in [0.717, 1.165) is 26.0 Å². The summed E-state index contributed by atoms with van der Waals surface area (Å²) in [6, 6.07) is 10.8. The molecular weight excluding hydrogens is 366 g/mol. The topological polar surface area (TPSA) is 70.2 Å². The number of thiophene rings is 1. The molecule has 27 heavy (non-hydrogen) atoms. The van der Waals surface area contributed by atoms with Gasteiger partial charge in [0.15, 0.2) is 0 Å². The molecule has 0 N–H and O–H groups in total. The third-order valence-corrected chi connectivity index (χ3v) is 5.23. The van der Waals surface area contributed by atoms with Crippen LogP contribution in [0.3, 0.4) is 0 Å². The van der Waals surface area contributed by atoms with Gasteiger partial charge in [-0.2, -0.15) is 0 Å². The van der Waals surface area contributed by atoms with Crippen molar-refractivity contribution in [1.82, 2.24) is 14.7 Å². The first-order valence-electron chi connectivity index (χ1n) is 8.50. The van der Waals surface area contributed by atoms with Gasteiger partial charge in [0.25, 0.3) is 0 Å². The maximum absolute atomic E-state index is 12.5. The summed E-state index contributed by atoms with van der Waals surface area (Å²) in [6.07, 6.45) is 0.554. The van der Waals surface area contributed by atoms with Gasteiger partial charge in [0.05, 0.1) is 13.8 Å². The summed E-state index contributed by atoms with van der Waals surface area (Å²) >= 11 is 1.56. The number of imide groups is 2. The molecule has 1 aromatic heterocycles. The van der Waals surface area contributed by atoms with Gasteiger partial charge in [-0.1, -0.05) is 18.2 Å². The van der Waals surface area contributed by atoms with Gasteiger partial charge in [-0.15, -0.1) is 11.3 Å². The Bertz CT molecular complexity index is 820. The van der Waals surface area contributed by atoms with Crippen molar-refractivity contribution >= 4 is 29.2 Å². The Morgan fingerprint density at radius 2 is 1.74 bits per heavy atom. The maximum Gasteiger partial charge on any atom is 0.335 e. The van der Waals surface area contributed by atoms with E-state index in [1.165, 1.54) is 0 Å². The molecular formula is C19H21N3O4S. The van der Waals surface area contributed by atoms with Gasteiger partial charge < -0.3 is 4.74 Å². The fourth-order valence-corrected chi connectivity index (χ4v) is 3.58. The molecule has 1 saturated heterocycles. The minimum Gasteiger partial charge on any atom is -0.497 e. The summed E-state index contributed by atoms with van der Waals surface area (Å²) in [6.45, 7) is 0.804. The molecule has 2 heterocycles. The highest BCUT2D eigenvalue weighted by Gasteiger charge is 2.44. The number of carbonyl (C=O) groups is 3. The van der Waals surface area contributed by atoms with Gasteiger partial charge in [-0.05, 0) is 36.2 Å². The Hall–Kier alpha value is -2.71. The fraction of sp³-hybridized carbons (Fsp3) is 0.316. The number of amides is 4. The lowest BCUT2D eigenvalue weighted by Crippen LogP contribution is -2.40. The lowest BCUT2D eigenvalue weighted by Gasteiger charge is -2.22. The van der Waals surface area contributed by atoms with E-state index in [-0.39, 0.29) is 13.2 Å². The van der Waals surface area contributed by atoms with E-state index in [1.54, 1.807) is 25.5 Å². The first kappa shape index (κ1) is 19.1. The smallest absolute Gasteiger partial charge is 0.335 e. The van der Waals surface area contributed by atoms with Crippen molar-refractivity contribution in [1.29, 1.82) is 0 Å². The van der Waals surface area contributed by atoms with Crippen LogP contribution in [0.4, 0.5) is 4.79 Å². The maximum atomic E-state index is 12.5. The third-order valence-electron chi connectivity index (χ3n) is 4.29. The number of benzene rings is 1. The molecule has 1 aliphatic rings. The van der Waals surface area contributed by atoms with Crippen LogP contribution in [-0.2, 0) is 22.6 Å². The van der Waals surface area contributed by atoms with Gasteiger partial charge in [0.1, 0.15) is 5.75 Å². The van der Waals surface area contributed by atoms with Crippen LogP contribution >= 0.6 is 11.3 Å². The van der Waals surface area contributed by atoms with Crippen molar-refractivity contribution in [3.05, 3.63) is 52.2 Å². The van der Waals surface area contributed by atoms with Crippen LogP contribution in [0.25, 0.3) is 0 Å². The van der Waals surface area contributed by atoms with Crippen molar-refractivity contribution in [3.8, 4) is 5.75 Å². The number of ether oxygens (including phenoxy) is 1. The summed E-state index contributed by atoms with van der Waals surface area (Å²) in [7, 11) is 3.40. The van der Waals surface area contributed by atoms with E-state index in [9.17, 15) is 14.4 Å². The number of rotatable bonds is 8. The highest BCUT2D eigenvalue weighted by molar-refractivity contribution is 7.09. The van der Waals surface area contributed by atoms with Crippen LogP contribution in [0.15, 0.2) is 41.8 Å². The van der Waals surface area contributed by atoms with Crippen molar-refractivity contribution < 1.29 is 19.1 Å². The molecule has 1 aromatic carbocycles. The van der Waals surface area contributed by atoms with Crippen LogP contribution in [-0.4, -0.2) is 59.9 Å². The second-order valence-corrected chi connectivity index (χ2v) is 7.34. The van der Waals surface area contributed by atoms with Gasteiger partial charge >= 0.3 is 17.8 Å². The number of carbonyl (C=O) groups excluding carboxylic acids is 3. The SMILES string of the molecule is COc1ccc(CN(C)CN2C(=O)C(=O)N(CCc3cccs3)C2=O)cc1. The zero-order valence-corrected chi connectivity index (χ0v) is 16.1. The molecule has 7 nitrogen and oxygen atoms in total. The molecule has 4 amide bonds. The Balaban J connectivity index is 1.59. The molecule has 0 saturated carbocycles. The van der Waals surface area contributed by atoms with Crippen LogP contribution in [0.5, 0.6) is 5.75 Å². The molecule has 1 aliphatic heterocycles. The predicted octanol–water partition coefficient (Wildman–Crippen LogP) is 2.18. The van der Waals surface area contributed by atoms with Crippen LogP contribution in [0, 0.1) is 0 Å². The average molecular weight is 387 g/mol. The predicted molar refractivity (Wildman–Crippen MR) is 101 cm³/mol. The lowest BCUT2D eigenvalue weighted by atomic mass is 10.2. The summed E-state index contributed by atoms with van der Waals surface area (Å²) in [5.74, 6) is -0.763. The van der Waals surface area contributed by atoms with Crippen LogP contribution in [0.2, 0.25) is 0 Å². The summed E-state index contributed by atoms with van der Waals surface area (Å²) in [5.41, 5.74) is 1.01. The Labute approximate surface area is 161 Å². The van der Waals surface area contributed by atoms with E-state index >= 15 is 0 Å². The second kappa shape index (κ2) is 8.32. The first-order valence-corrected chi connectivity index (χ1v) is 9.38. The number of urea groups is 1. The molecule has 1 fully saturated rings. The fourth-order valence-electron chi connectivity index (χ4n) is 2.88. The summed E-state index contributed by atoms with van der Waals surface area (Å²) < 4.78 is 5.13. The zero-order chi connectivity index (χ0) is 19.4. The number of hydrogen-bond donors (Lipinski definition) is 0. The van der Waals surface area contributed by atoms with Gasteiger partial charge in [0.2, 0.25) is 0 Å². The zero-order valence-electron chi connectivity index (χ0n) is 15.3. The Morgan fingerprint density at radius 3 is 2.37 bits per heavy atom. The number of nitrogens with zero attached hydrogens (tertiary/aromatic N) is 3. The van der Waals surface area contributed by atoms with Crippen molar-refractivity contribution in [3.63, 3.8) is 0 Å². The van der Waals surface area contributed by atoms with Crippen molar-refractivity contribution in [2.24, 2.45) is 0 Å². The van der Waals surface area contributed by atoms with E-state index in [4.69, 9.17) is 4.74 Å². The van der Waals surface area contributed by atoms with E-state index in [0.29, 0.717) is 13.0 Å². The van der Waals surface area contributed by atoms with E-state index in [1.807, 2.05) is 46.7 Å². The largest absolute Gasteiger partial charge is 0.497 e. The van der Waals surface area contributed by atoms with E-state index in [2.05, 4.69) is 0 Å². The van der Waals surface area contributed by atoms with Crippen molar-refractivity contribution in [2.45, 2.75) is 13.0 Å².